The van der Waals surface area contributed by atoms with Gasteiger partial charge in [0.1, 0.15) is 0 Å². The minimum absolute atomic E-state index is 0.143. The summed E-state index contributed by atoms with van der Waals surface area (Å²) in [6, 6.07) is 32.1. The van der Waals surface area contributed by atoms with Gasteiger partial charge in [-0.2, -0.15) is 23.5 Å². The van der Waals surface area contributed by atoms with Crippen molar-refractivity contribution in [3.05, 3.63) is 108 Å². The Hall–Kier alpha value is -2.17. The van der Waals surface area contributed by atoms with Crippen molar-refractivity contribution in [1.29, 1.82) is 0 Å². The molecule has 172 valence electrons. The van der Waals surface area contributed by atoms with Crippen molar-refractivity contribution in [1.82, 2.24) is 4.90 Å². The summed E-state index contributed by atoms with van der Waals surface area (Å²) in [6.07, 6.45) is 3.25. The van der Waals surface area contributed by atoms with Crippen LogP contribution in [0.1, 0.15) is 36.0 Å². The Morgan fingerprint density at radius 2 is 1.27 bits per heavy atom. The molecule has 3 aromatic rings. The van der Waals surface area contributed by atoms with Crippen LogP contribution in [0, 0.1) is 5.92 Å². The lowest BCUT2D eigenvalue weighted by Crippen LogP contribution is -2.33. The van der Waals surface area contributed by atoms with Crippen molar-refractivity contribution in [3.8, 4) is 0 Å². The Bertz CT molecular complexity index is 965. The molecule has 0 spiro atoms. The number of hydrogen-bond donors (Lipinski definition) is 0. The van der Waals surface area contributed by atoms with Crippen LogP contribution in [0.2, 0.25) is 0 Å². The van der Waals surface area contributed by atoms with Gasteiger partial charge >= 0.3 is 0 Å². The van der Waals surface area contributed by atoms with Crippen molar-refractivity contribution < 1.29 is 4.79 Å². The van der Waals surface area contributed by atoms with Gasteiger partial charge in [0.05, 0.1) is 0 Å². The van der Waals surface area contributed by atoms with Crippen molar-refractivity contribution in [3.63, 3.8) is 0 Å². The van der Waals surface area contributed by atoms with Gasteiger partial charge in [-0.1, -0.05) is 91.0 Å². The molecule has 0 N–H and O–H groups in total. The highest BCUT2D eigenvalue weighted by Gasteiger charge is 2.38. The first-order valence-corrected chi connectivity index (χ1v) is 14.2. The molecule has 4 rings (SSSR count). The molecule has 1 aliphatic rings. The first-order chi connectivity index (χ1) is 16.3. The van der Waals surface area contributed by atoms with Crippen LogP contribution in [-0.4, -0.2) is 28.4 Å². The van der Waals surface area contributed by atoms with E-state index >= 15 is 0 Å². The zero-order valence-corrected chi connectivity index (χ0v) is 20.8. The number of rotatable bonds is 12. The van der Waals surface area contributed by atoms with E-state index < -0.39 is 0 Å². The average Bonchev–Trinajstić information content (AvgIpc) is 3.15. The summed E-state index contributed by atoms with van der Waals surface area (Å²) in [5, 5.41) is 0. The summed E-state index contributed by atoms with van der Waals surface area (Å²) in [6.45, 7) is 0.737. The van der Waals surface area contributed by atoms with E-state index in [1.807, 2.05) is 29.6 Å². The fraction of sp³-hybridized carbons (Fsp3) is 0.345. The second-order valence-electron chi connectivity index (χ2n) is 8.72. The predicted octanol–water partition coefficient (Wildman–Crippen LogP) is 7.05. The smallest absolute Gasteiger partial charge is 0.227 e. The number of likely N-dealkylation sites (tertiary alicyclic amines) is 1. The molecule has 0 aliphatic carbocycles. The zero-order valence-electron chi connectivity index (χ0n) is 19.1. The Labute approximate surface area is 207 Å². The third kappa shape index (κ3) is 7.41. The van der Waals surface area contributed by atoms with Crippen LogP contribution in [0.4, 0.5) is 0 Å². The standard InChI is InChI=1S/C29H33NOS2/c31-29-27(23-33-22-26-15-8-3-9-16-26)19-28(30(29)20-24-11-4-1-5-12-24)17-10-18-32-21-25-13-6-2-7-14-25/h1-9,11-16,27-28H,10,17-23H2. The van der Waals surface area contributed by atoms with Crippen LogP contribution in [-0.2, 0) is 22.8 Å². The summed E-state index contributed by atoms with van der Waals surface area (Å²) in [5.74, 6) is 4.59. The molecule has 2 unspecified atom stereocenters. The molecule has 1 amide bonds. The maximum Gasteiger partial charge on any atom is 0.227 e. The molecule has 1 aliphatic heterocycles. The molecule has 0 saturated carbocycles. The molecular weight excluding hydrogens is 442 g/mol. The van der Waals surface area contributed by atoms with E-state index in [1.165, 1.54) is 16.7 Å². The zero-order chi connectivity index (χ0) is 22.7. The van der Waals surface area contributed by atoms with Gasteiger partial charge < -0.3 is 4.90 Å². The predicted molar refractivity (Wildman–Crippen MR) is 143 cm³/mol. The largest absolute Gasteiger partial charge is 0.335 e. The monoisotopic (exact) mass is 475 g/mol. The third-order valence-electron chi connectivity index (χ3n) is 6.19. The van der Waals surface area contributed by atoms with E-state index in [2.05, 4.69) is 89.8 Å². The first-order valence-electron chi connectivity index (χ1n) is 11.9. The number of thioether (sulfide) groups is 2. The van der Waals surface area contributed by atoms with Gasteiger partial charge in [0, 0.05) is 35.8 Å². The lowest BCUT2D eigenvalue weighted by Gasteiger charge is -2.25. The van der Waals surface area contributed by atoms with Crippen LogP contribution in [0.5, 0.6) is 0 Å². The van der Waals surface area contributed by atoms with Gasteiger partial charge in [-0.3, -0.25) is 4.79 Å². The molecule has 4 heteroatoms. The van der Waals surface area contributed by atoms with Crippen molar-refractivity contribution >= 4 is 29.4 Å². The summed E-state index contributed by atoms with van der Waals surface area (Å²) >= 11 is 3.90. The number of benzene rings is 3. The number of nitrogens with zero attached hydrogens (tertiary/aromatic N) is 1. The highest BCUT2D eigenvalue weighted by molar-refractivity contribution is 7.98. The SMILES string of the molecule is O=C1C(CSCc2ccccc2)CC(CCCSCc2ccccc2)N1Cc1ccccc1. The summed E-state index contributed by atoms with van der Waals surface area (Å²) in [7, 11) is 0. The molecule has 33 heavy (non-hydrogen) atoms. The van der Waals surface area contributed by atoms with E-state index in [4.69, 9.17) is 0 Å². The van der Waals surface area contributed by atoms with Gasteiger partial charge in [0.25, 0.3) is 0 Å². The fourth-order valence-corrected chi connectivity index (χ4v) is 6.50. The van der Waals surface area contributed by atoms with Crippen molar-refractivity contribution in [2.75, 3.05) is 11.5 Å². The average molecular weight is 476 g/mol. The quantitative estimate of drug-likeness (QED) is 0.262. The molecule has 1 saturated heterocycles. The highest BCUT2D eigenvalue weighted by atomic mass is 32.2. The minimum Gasteiger partial charge on any atom is -0.335 e. The van der Waals surface area contributed by atoms with E-state index in [0.29, 0.717) is 11.9 Å². The molecule has 0 bridgehead atoms. The second kappa shape index (κ2) is 12.9. The Morgan fingerprint density at radius 3 is 1.88 bits per heavy atom. The lowest BCUT2D eigenvalue weighted by atomic mass is 10.0. The van der Waals surface area contributed by atoms with Crippen LogP contribution >= 0.6 is 23.5 Å². The van der Waals surface area contributed by atoms with Gasteiger partial charge in [-0.15, -0.1) is 0 Å². The van der Waals surface area contributed by atoms with Crippen LogP contribution in [0.3, 0.4) is 0 Å². The summed E-state index contributed by atoms with van der Waals surface area (Å²) in [5.41, 5.74) is 3.95. The maximum absolute atomic E-state index is 13.3. The number of carbonyl (C=O) groups is 1. The van der Waals surface area contributed by atoms with E-state index in [-0.39, 0.29) is 5.92 Å². The van der Waals surface area contributed by atoms with Crippen LogP contribution in [0.25, 0.3) is 0 Å². The number of carbonyl (C=O) groups excluding carboxylic acids is 1. The number of hydrogen-bond acceptors (Lipinski definition) is 3. The van der Waals surface area contributed by atoms with Crippen LogP contribution < -0.4 is 0 Å². The normalized spacial score (nSPS) is 18.1. The van der Waals surface area contributed by atoms with E-state index in [9.17, 15) is 4.79 Å². The molecule has 1 fully saturated rings. The molecule has 0 aromatic heterocycles. The third-order valence-corrected chi connectivity index (χ3v) is 8.48. The van der Waals surface area contributed by atoms with E-state index in [0.717, 1.165) is 48.8 Å². The summed E-state index contributed by atoms with van der Waals surface area (Å²) in [4.78, 5) is 15.5. The molecule has 3 aromatic carbocycles. The summed E-state index contributed by atoms with van der Waals surface area (Å²) < 4.78 is 0. The minimum atomic E-state index is 0.143. The fourth-order valence-electron chi connectivity index (χ4n) is 4.45. The van der Waals surface area contributed by atoms with Crippen LogP contribution in [0.15, 0.2) is 91.0 Å². The Morgan fingerprint density at radius 1 is 0.727 bits per heavy atom. The van der Waals surface area contributed by atoms with E-state index in [1.54, 1.807) is 0 Å². The Balaban J connectivity index is 1.29. The highest BCUT2D eigenvalue weighted by Crippen LogP contribution is 2.33. The lowest BCUT2D eigenvalue weighted by molar-refractivity contribution is -0.132. The van der Waals surface area contributed by atoms with Crippen molar-refractivity contribution in [2.45, 2.75) is 43.4 Å². The Kier molecular flexibility index (Phi) is 9.37. The molecular formula is C29H33NOS2. The number of amides is 1. The molecule has 2 atom stereocenters. The van der Waals surface area contributed by atoms with Crippen molar-refractivity contribution in [2.24, 2.45) is 5.92 Å². The molecule has 0 radical (unpaired) electrons. The van der Waals surface area contributed by atoms with Gasteiger partial charge in [-0.25, -0.2) is 0 Å². The topological polar surface area (TPSA) is 20.3 Å². The molecule has 2 nitrogen and oxygen atoms in total. The second-order valence-corrected chi connectivity index (χ2v) is 10.9. The first kappa shape index (κ1) is 24.0. The van der Waals surface area contributed by atoms with Gasteiger partial charge in [0.2, 0.25) is 5.91 Å². The van der Waals surface area contributed by atoms with Gasteiger partial charge in [0.15, 0.2) is 0 Å². The van der Waals surface area contributed by atoms with Gasteiger partial charge in [-0.05, 0) is 41.7 Å². The maximum atomic E-state index is 13.3. The molecule has 1 heterocycles.